The number of methoxy groups -OCH3 is 3. The lowest BCUT2D eigenvalue weighted by atomic mass is 10.0. The van der Waals surface area contributed by atoms with Gasteiger partial charge in [0.1, 0.15) is 5.75 Å². The molecule has 5 nitrogen and oxygen atoms in total. The van der Waals surface area contributed by atoms with E-state index in [0.29, 0.717) is 22.8 Å². The topological polar surface area (TPSA) is 56.8 Å². The summed E-state index contributed by atoms with van der Waals surface area (Å²) in [7, 11) is 4.70. The van der Waals surface area contributed by atoms with Crippen LogP contribution in [0.2, 0.25) is 0 Å². The van der Waals surface area contributed by atoms with Crippen LogP contribution >= 0.6 is 15.9 Å². The van der Waals surface area contributed by atoms with Gasteiger partial charge in [0, 0.05) is 32.9 Å². The maximum Gasteiger partial charge on any atom is 0.256 e. The molecular formula is C18H16BrNO4. The van der Waals surface area contributed by atoms with Gasteiger partial charge in [-0.1, -0.05) is 15.9 Å². The summed E-state index contributed by atoms with van der Waals surface area (Å²) in [6, 6.07) is 9.18. The van der Waals surface area contributed by atoms with Gasteiger partial charge in [-0.05, 0) is 30.3 Å². The van der Waals surface area contributed by atoms with E-state index in [9.17, 15) is 4.79 Å². The second kappa shape index (κ2) is 6.57. The maximum absolute atomic E-state index is 12.3. The van der Waals surface area contributed by atoms with E-state index in [2.05, 4.69) is 21.2 Å². The molecule has 1 heterocycles. The fraction of sp³-hybridized carbons (Fsp3) is 0.167. The fourth-order valence-electron chi connectivity index (χ4n) is 2.62. The summed E-state index contributed by atoms with van der Waals surface area (Å²) in [4.78, 5) is 12.3. The zero-order chi connectivity index (χ0) is 17.3. The number of fused-ring (bicyclic) bond motifs is 1. The smallest absolute Gasteiger partial charge is 0.256 e. The largest absolute Gasteiger partial charge is 0.496 e. The van der Waals surface area contributed by atoms with Crippen LogP contribution in [0.15, 0.2) is 34.8 Å². The highest BCUT2D eigenvalue weighted by molar-refractivity contribution is 9.10. The number of halogens is 1. The Morgan fingerprint density at radius 2 is 1.62 bits per heavy atom. The number of carbonyl (C=O) groups excluding carboxylic acids is 1. The average molecular weight is 390 g/mol. The number of nitrogens with one attached hydrogen (secondary N) is 1. The molecule has 1 aliphatic rings. The van der Waals surface area contributed by atoms with Gasteiger partial charge in [-0.3, -0.25) is 4.79 Å². The van der Waals surface area contributed by atoms with E-state index in [1.807, 2.05) is 18.2 Å². The zero-order valence-corrected chi connectivity index (χ0v) is 15.1. The van der Waals surface area contributed by atoms with Gasteiger partial charge in [0.25, 0.3) is 5.91 Å². The van der Waals surface area contributed by atoms with Crippen LogP contribution in [0, 0.1) is 0 Å². The lowest BCUT2D eigenvalue weighted by Gasteiger charge is -2.12. The van der Waals surface area contributed by atoms with Crippen LogP contribution < -0.4 is 19.5 Å². The Labute approximate surface area is 148 Å². The van der Waals surface area contributed by atoms with Crippen molar-refractivity contribution in [1.29, 1.82) is 0 Å². The van der Waals surface area contributed by atoms with Crippen LogP contribution in [-0.4, -0.2) is 27.2 Å². The van der Waals surface area contributed by atoms with Gasteiger partial charge in [0.2, 0.25) is 0 Å². The molecule has 6 heteroatoms. The van der Waals surface area contributed by atoms with E-state index >= 15 is 0 Å². The summed E-state index contributed by atoms with van der Waals surface area (Å²) in [5.74, 6) is 1.57. The Kier molecular flexibility index (Phi) is 4.49. The average Bonchev–Trinajstić information content (AvgIpc) is 2.89. The van der Waals surface area contributed by atoms with Crippen molar-refractivity contribution < 1.29 is 19.0 Å². The predicted octanol–water partition coefficient (Wildman–Crippen LogP) is 3.97. The van der Waals surface area contributed by atoms with Crippen molar-refractivity contribution in [2.75, 3.05) is 26.6 Å². The number of hydrogen-bond donors (Lipinski definition) is 1. The number of benzene rings is 2. The van der Waals surface area contributed by atoms with Crippen LogP contribution in [0.25, 0.3) is 11.6 Å². The molecular weight excluding hydrogens is 374 g/mol. The van der Waals surface area contributed by atoms with Crippen molar-refractivity contribution >= 4 is 39.2 Å². The van der Waals surface area contributed by atoms with Gasteiger partial charge in [-0.2, -0.15) is 0 Å². The second-order valence-electron chi connectivity index (χ2n) is 5.15. The van der Waals surface area contributed by atoms with E-state index in [-0.39, 0.29) is 5.91 Å². The highest BCUT2D eigenvalue weighted by Crippen LogP contribution is 2.39. The molecule has 2 aromatic rings. The first kappa shape index (κ1) is 16.4. The van der Waals surface area contributed by atoms with Gasteiger partial charge in [0.05, 0.1) is 21.3 Å². The van der Waals surface area contributed by atoms with E-state index < -0.39 is 0 Å². The van der Waals surface area contributed by atoms with Crippen LogP contribution in [0.4, 0.5) is 5.69 Å². The Hall–Kier alpha value is -2.47. The van der Waals surface area contributed by atoms with Gasteiger partial charge in [-0.15, -0.1) is 0 Å². The first-order valence-electron chi connectivity index (χ1n) is 7.20. The Morgan fingerprint density at radius 3 is 2.29 bits per heavy atom. The SMILES string of the molecule is COc1cc(OC)c(OC)cc1/C=C1/C(=O)Nc2ccc(Br)cc21. The van der Waals surface area contributed by atoms with Crippen molar-refractivity contribution in [1.82, 2.24) is 0 Å². The van der Waals surface area contributed by atoms with Crippen LogP contribution in [-0.2, 0) is 4.79 Å². The van der Waals surface area contributed by atoms with Crippen LogP contribution in [0.5, 0.6) is 17.2 Å². The number of hydrogen-bond acceptors (Lipinski definition) is 4. The van der Waals surface area contributed by atoms with E-state index in [1.165, 1.54) is 0 Å². The minimum atomic E-state index is -0.153. The number of rotatable bonds is 4. The van der Waals surface area contributed by atoms with Crippen LogP contribution in [0.3, 0.4) is 0 Å². The Balaban J connectivity index is 2.15. The molecule has 0 spiro atoms. The number of anilines is 1. The highest BCUT2D eigenvalue weighted by Gasteiger charge is 2.25. The van der Waals surface area contributed by atoms with Gasteiger partial charge in [-0.25, -0.2) is 0 Å². The Morgan fingerprint density at radius 1 is 0.958 bits per heavy atom. The zero-order valence-electron chi connectivity index (χ0n) is 13.5. The molecule has 1 N–H and O–H groups in total. The monoisotopic (exact) mass is 389 g/mol. The fourth-order valence-corrected chi connectivity index (χ4v) is 2.99. The molecule has 2 aromatic carbocycles. The summed E-state index contributed by atoms with van der Waals surface area (Å²) in [6.07, 6.45) is 1.79. The van der Waals surface area contributed by atoms with Crippen molar-refractivity contribution in [2.24, 2.45) is 0 Å². The standard InChI is InChI=1S/C18H16BrNO4/c1-22-15-9-17(24-3)16(23-2)7-10(15)6-13-12-8-11(19)4-5-14(12)20-18(13)21/h4-9H,1-3H3,(H,20,21)/b13-6+. The second-order valence-corrected chi connectivity index (χ2v) is 6.07. The molecule has 3 rings (SSSR count). The molecule has 0 aliphatic carbocycles. The quantitative estimate of drug-likeness (QED) is 0.803. The number of carbonyl (C=O) groups is 1. The normalized spacial score (nSPS) is 14.3. The molecule has 1 amide bonds. The molecule has 0 saturated heterocycles. The highest BCUT2D eigenvalue weighted by atomic mass is 79.9. The summed E-state index contributed by atoms with van der Waals surface area (Å²) in [5, 5.41) is 2.86. The van der Waals surface area contributed by atoms with Gasteiger partial charge >= 0.3 is 0 Å². The minimum Gasteiger partial charge on any atom is -0.496 e. The molecule has 0 aromatic heterocycles. The van der Waals surface area contributed by atoms with Crippen molar-refractivity contribution in [3.8, 4) is 17.2 Å². The first-order chi connectivity index (χ1) is 11.6. The third-order valence-corrected chi connectivity index (χ3v) is 4.29. The summed E-state index contributed by atoms with van der Waals surface area (Å²) in [5.41, 5.74) is 2.92. The molecule has 24 heavy (non-hydrogen) atoms. The minimum absolute atomic E-state index is 0.153. The summed E-state index contributed by atoms with van der Waals surface area (Å²) in [6.45, 7) is 0. The number of ether oxygens (including phenoxy) is 3. The van der Waals surface area contributed by atoms with Crippen LogP contribution in [0.1, 0.15) is 11.1 Å². The third-order valence-electron chi connectivity index (χ3n) is 3.80. The summed E-state index contributed by atoms with van der Waals surface area (Å²) < 4.78 is 17.0. The van der Waals surface area contributed by atoms with Gasteiger partial charge in [0.15, 0.2) is 11.5 Å². The van der Waals surface area contributed by atoms with E-state index in [0.717, 1.165) is 21.3 Å². The molecule has 0 fully saturated rings. The van der Waals surface area contributed by atoms with Gasteiger partial charge < -0.3 is 19.5 Å². The molecule has 124 valence electrons. The Bertz CT molecular complexity index is 845. The summed E-state index contributed by atoms with van der Waals surface area (Å²) >= 11 is 3.44. The maximum atomic E-state index is 12.3. The van der Waals surface area contributed by atoms with Crippen molar-refractivity contribution in [3.63, 3.8) is 0 Å². The lowest BCUT2D eigenvalue weighted by Crippen LogP contribution is -2.03. The van der Waals surface area contributed by atoms with E-state index in [4.69, 9.17) is 14.2 Å². The third kappa shape index (κ3) is 2.85. The predicted molar refractivity (Wildman–Crippen MR) is 96.7 cm³/mol. The molecule has 0 bridgehead atoms. The van der Waals surface area contributed by atoms with Crippen molar-refractivity contribution in [3.05, 3.63) is 45.9 Å². The molecule has 0 radical (unpaired) electrons. The number of amides is 1. The molecule has 1 aliphatic heterocycles. The lowest BCUT2D eigenvalue weighted by molar-refractivity contribution is -0.110. The molecule has 0 atom stereocenters. The first-order valence-corrected chi connectivity index (χ1v) is 7.99. The van der Waals surface area contributed by atoms with Crippen molar-refractivity contribution in [2.45, 2.75) is 0 Å². The van der Waals surface area contributed by atoms with E-state index in [1.54, 1.807) is 39.5 Å². The molecule has 0 saturated carbocycles. The molecule has 0 unspecified atom stereocenters.